The second-order valence-corrected chi connectivity index (χ2v) is 13.2. The van der Waals surface area contributed by atoms with E-state index in [1.165, 1.54) is 67.7 Å². The van der Waals surface area contributed by atoms with Crippen LogP contribution in [0.2, 0.25) is 5.02 Å². The molecule has 0 unspecified atom stereocenters. The van der Waals surface area contributed by atoms with Crippen LogP contribution in [0.15, 0.2) is 101 Å². The summed E-state index contributed by atoms with van der Waals surface area (Å²) in [6, 6.07) is 19.8. The van der Waals surface area contributed by atoms with Crippen molar-refractivity contribution in [2.75, 3.05) is 21.4 Å². The van der Waals surface area contributed by atoms with Crippen LogP contribution >= 0.6 is 11.6 Å². The molecule has 0 saturated heterocycles. The predicted octanol–water partition coefficient (Wildman–Crippen LogP) is 6.55. The summed E-state index contributed by atoms with van der Waals surface area (Å²) in [7, 11) is -6.68. The Morgan fingerprint density at radius 1 is 0.786 bits per heavy atom. The SMILES string of the molecule is Cc1ccc(S(=O)(=O)N(C)c2ccc(C(=O)Nc3ccc(S(=O)(=O)Nc4ccc(Cl)c(C(F)(F)F)c4)cc3)cc2)cc1. The van der Waals surface area contributed by atoms with E-state index in [2.05, 4.69) is 10.0 Å². The molecule has 0 bridgehead atoms. The lowest BCUT2D eigenvalue weighted by atomic mass is 10.2. The highest BCUT2D eigenvalue weighted by Crippen LogP contribution is 2.36. The maximum Gasteiger partial charge on any atom is 0.417 e. The van der Waals surface area contributed by atoms with Gasteiger partial charge in [-0.25, -0.2) is 16.8 Å². The van der Waals surface area contributed by atoms with Crippen LogP contribution in [0.5, 0.6) is 0 Å². The number of sulfonamides is 2. The van der Waals surface area contributed by atoms with Gasteiger partial charge < -0.3 is 5.32 Å². The first kappa shape index (κ1) is 30.9. The quantitative estimate of drug-likeness (QED) is 0.228. The number of anilines is 3. The summed E-state index contributed by atoms with van der Waals surface area (Å²) in [5.74, 6) is -0.542. The van der Waals surface area contributed by atoms with Crippen LogP contribution in [0.25, 0.3) is 0 Å². The van der Waals surface area contributed by atoms with Crippen LogP contribution in [0.4, 0.5) is 30.2 Å². The van der Waals surface area contributed by atoms with Crippen molar-refractivity contribution in [2.45, 2.75) is 22.9 Å². The molecule has 0 aliphatic heterocycles. The molecule has 0 spiro atoms. The molecule has 0 saturated carbocycles. The summed E-state index contributed by atoms with van der Waals surface area (Å²) in [6.45, 7) is 1.85. The zero-order valence-electron chi connectivity index (χ0n) is 22.0. The molecule has 0 aromatic heterocycles. The molecule has 0 heterocycles. The highest BCUT2D eigenvalue weighted by atomic mass is 35.5. The Balaban J connectivity index is 1.43. The zero-order chi connectivity index (χ0) is 30.9. The monoisotopic (exact) mass is 637 g/mol. The number of aryl methyl sites for hydroxylation is 1. The normalized spacial score (nSPS) is 12.0. The van der Waals surface area contributed by atoms with Crippen molar-refractivity contribution in [1.82, 2.24) is 0 Å². The number of nitrogens with one attached hydrogen (secondary N) is 2. The van der Waals surface area contributed by atoms with Gasteiger partial charge in [-0.3, -0.25) is 13.8 Å². The van der Waals surface area contributed by atoms with Gasteiger partial charge in [-0.2, -0.15) is 13.2 Å². The van der Waals surface area contributed by atoms with Crippen molar-refractivity contribution in [1.29, 1.82) is 0 Å². The topological polar surface area (TPSA) is 113 Å². The van der Waals surface area contributed by atoms with Crippen LogP contribution in [0.3, 0.4) is 0 Å². The number of benzene rings is 4. The fourth-order valence-corrected chi connectivity index (χ4v) is 6.24. The molecule has 0 aliphatic carbocycles. The van der Waals surface area contributed by atoms with Crippen molar-refractivity contribution >= 4 is 54.6 Å². The van der Waals surface area contributed by atoms with Gasteiger partial charge in [0, 0.05) is 24.0 Å². The fourth-order valence-electron chi connectivity index (χ4n) is 3.77. The van der Waals surface area contributed by atoms with Gasteiger partial charge >= 0.3 is 6.18 Å². The highest BCUT2D eigenvalue weighted by molar-refractivity contribution is 7.93. The first-order valence-corrected chi connectivity index (χ1v) is 15.3. The van der Waals surface area contributed by atoms with E-state index in [0.29, 0.717) is 11.8 Å². The first-order valence-electron chi connectivity index (χ1n) is 12.0. The number of rotatable bonds is 8. The molecule has 8 nitrogen and oxygen atoms in total. The van der Waals surface area contributed by atoms with E-state index < -0.39 is 42.7 Å². The number of nitrogens with zero attached hydrogens (tertiary/aromatic N) is 1. The molecule has 4 aromatic rings. The Bertz CT molecular complexity index is 1830. The Hall–Kier alpha value is -4.07. The van der Waals surface area contributed by atoms with Gasteiger partial charge in [-0.1, -0.05) is 29.3 Å². The highest BCUT2D eigenvalue weighted by Gasteiger charge is 2.33. The van der Waals surface area contributed by atoms with Gasteiger partial charge in [0.05, 0.1) is 26.1 Å². The van der Waals surface area contributed by atoms with Crippen molar-refractivity contribution in [2.24, 2.45) is 0 Å². The Morgan fingerprint density at radius 2 is 1.33 bits per heavy atom. The lowest BCUT2D eigenvalue weighted by Gasteiger charge is -2.20. The van der Waals surface area contributed by atoms with Gasteiger partial charge in [0.25, 0.3) is 26.0 Å². The van der Waals surface area contributed by atoms with Crippen LogP contribution in [-0.4, -0.2) is 29.8 Å². The number of hydrogen-bond donors (Lipinski definition) is 2. The molecular formula is C28H23ClF3N3O5S2. The Morgan fingerprint density at radius 3 is 1.90 bits per heavy atom. The third kappa shape index (κ3) is 6.86. The first-order chi connectivity index (χ1) is 19.6. The van der Waals surface area contributed by atoms with Crippen molar-refractivity contribution < 1.29 is 34.8 Å². The predicted molar refractivity (Wildman–Crippen MR) is 155 cm³/mol. The second-order valence-electron chi connectivity index (χ2n) is 9.11. The average Bonchev–Trinajstić information content (AvgIpc) is 2.93. The maximum absolute atomic E-state index is 13.1. The van der Waals surface area contributed by atoms with E-state index in [1.54, 1.807) is 12.1 Å². The minimum atomic E-state index is -4.77. The molecule has 0 atom stereocenters. The molecule has 0 aliphatic rings. The van der Waals surface area contributed by atoms with Gasteiger partial charge in [-0.15, -0.1) is 0 Å². The lowest BCUT2D eigenvalue weighted by molar-refractivity contribution is -0.137. The van der Waals surface area contributed by atoms with E-state index in [4.69, 9.17) is 11.6 Å². The lowest BCUT2D eigenvalue weighted by Crippen LogP contribution is -2.26. The third-order valence-corrected chi connectivity index (χ3v) is 9.65. The fraction of sp³-hybridized carbons (Fsp3) is 0.107. The molecule has 1 amide bonds. The van der Waals surface area contributed by atoms with Gasteiger partial charge in [0.15, 0.2) is 0 Å². The molecule has 2 N–H and O–H groups in total. The number of carbonyl (C=O) groups excluding carboxylic acids is 1. The number of carbonyl (C=O) groups is 1. The van der Waals surface area contributed by atoms with Crippen LogP contribution in [-0.2, 0) is 26.2 Å². The molecule has 42 heavy (non-hydrogen) atoms. The smallest absolute Gasteiger partial charge is 0.322 e. The van der Waals surface area contributed by atoms with E-state index in [-0.39, 0.29) is 26.7 Å². The summed E-state index contributed by atoms with van der Waals surface area (Å²) >= 11 is 5.58. The van der Waals surface area contributed by atoms with E-state index in [1.807, 2.05) is 6.92 Å². The van der Waals surface area contributed by atoms with Crippen molar-refractivity contribution in [3.8, 4) is 0 Å². The maximum atomic E-state index is 13.1. The van der Waals surface area contributed by atoms with Crippen LogP contribution < -0.4 is 14.3 Å². The molecule has 0 radical (unpaired) electrons. The molecule has 0 fully saturated rings. The largest absolute Gasteiger partial charge is 0.417 e. The zero-order valence-corrected chi connectivity index (χ0v) is 24.4. The summed E-state index contributed by atoms with van der Waals surface area (Å²) in [5, 5.41) is 2.03. The minimum Gasteiger partial charge on any atom is -0.322 e. The van der Waals surface area contributed by atoms with Gasteiger partial charge in [0.1, 0.15) is 0 Å². The van der Waals surface area contributed by atoms with E-state index in [0.717, 1.165) is 22.0 Å². The summed E-state index contributed by atoms with van der Waals surface area (Å²) in [5.41, 5.74) is 0.187. The number of amides is 1. The van der Waals surface area contributed by atoms with Gasteiger partial charge in [0.2, 0.25) is 0 Å². The number of halogens is 4. The molecule has 220 valence electrons. The average molecular weight is 638 g/mol. The van der Waals surface area contributed by atoms with Crippen molar-refractivity contribution in [3.05, 3.63) is 113 Å². The van der Waals surface area contributed by atoms with E-state index >= 15 is 0 Å². The molecule has 14 heteroatoms. The third-order valence-electron chi connectivity index (χ3n) is 6.12. The minimum absolute atomic E-state index is 0.123. The number of alkyl halides is 3. The van der Waals surface area contributed by atoms with Crippen LogP contribution in [0.1, 0.15) is 21.5 Å². The molecule has 4 aromatic carbocycles. The Labute approximate surface area is 245 Å². The van der Waals surface area contributed by atoms with Crippen molar-refractivity contribution in [3.63, 3.8) is 0 Å². The van der Waals surface area contributed by atoms with E-state index in [9.17, 15) is 34.8 Å². The summed E-state index contributed by atoms with van der Waals surface area (Å²) in [4.78, 5) is 12.6. The summed E-state index contributed by atoms with van der Waals surface area (Å²) in [6.07, 6.45) is -4.77. The second kappa shape index (κ2) is 11.7. The molecular weight excluding hydrogens is 615 g/mol. The van der Waals surface area contributed by atoms with Crippen LogP contribution in [0, 0.1) is 6.92 Å². The Kier molecular flexibility index (Phi) is 8.58. The standard InChI is InChI=1S/C28H23ClF3N3O5S2/c1-18-3-12-24(13-4-18)42(39,40)35(2)22-10-5-19(6-11-22)27(36)33-20-7-14-23(15-8-20)41(37,38)34-21-9-16-26(29)25(17-21)28(30,31)32/h3-17,34H,1-2H3,(H,33,36). The summed E-state index contributed by atoms with van der Waals surface area (Å²) < 4.78 is 93.8. The molecule has 4 rings (SSSR count). The number of hydrogen-bond acceptors (Lipinski definition) is 5. The van der Waals surface area contributed by atoms with Gasteiger partial charge in [-0.05, 0) is 85.8 Å².